The molecule has 1 aliphatic rings. The minimum atomic E-state index is -0.0258. The predicted octanol–water partition coefficient (Wildman–Crippen LogP) is 0.859. The maximum absolute atomic E-state index is 11.7. The summed E-state index contributed by atoms with van der Waals surface area (Å²) in [5.74, 6) is -0.0258. The lowest BCUT2D eigenvalue weighted by atomic mass is 10.1. The smallest absolute Gasteiger partial charge is 0.295 e. The van der Waals surface area contributed by atoms with Crippen LogP contribution in [0.2, 0.25) is 5.02 Å². The van der Waals surface area contributed by atoms with Gasteiger partial charge in [0.25, 0.3) is 5.91 Å². The molecule has 4 nitrogen and oxygen atoms in total. The van der Waals surface area contributed by atoms with Crippen LogP contribution >= 0.6 is 11.6 Å². The zero-order chi connectivity index (χ0) is 13.5. The lowest BCUT2D eigenvalue weighted by Gasteiger charge is -2.22. The summed E-state index contributed by atoms with van der Waals surface area (Å²) in [7, 11) is 0. The van der Waals surface area contributed by atoms with Gasteiger partial charge in [-0.05, 0) is 37.0 Å². The highest BCUT2D eigenvalue weighted by Crippen LogP contribution is 2.07. The molecule has 1 heterocycles. The number of benzene rings is 1. The van der Waals surface area contributed by atoms with E-state index in [4.69, 9.17) is 11.6 Å². The number of carbonyl (C=O) groups excluding carboxylic acids is 1. The second-order valence-corrected chi connectivity index (χ2v) is 5.27. The lowest BCUT2D eigenvalue weighted by Crippen LogP contribution is -3.13. The number of hydrogen-bond donors (Lipinski definition) is 2. The number of nitrogens with zero attached hydrogens (tertiary/aromatic N) is 1. The lowest BCUT2D eigenvalue weighted by molar-refractivity contribution is -0.896. The number of rotatable bonds is 4. The molecule has 0 spiro atoms. The highest BCUT2D eigenvalue weighted by molar-refractivity contribution is 6.30. The van der Waals surface area contributed by atoms with Crippen molar-refractivity contribution in [2.24, 2.45) is 5.10 Å². The maximum atomic E-state index is 11.7. The van der Waals surface area contributed by atoms with Crippen LogP contribution in [-0.4, -0.2) is 31.8 Å². The molecule has 1 amide bonds. The Morgan fingerprint density at radius 2 is 1.95 bits per heavy atom. The first-order valence-corrected chi connectivity index (χ1v) is 7.03. The Bertz CT molecular complexity index is 439. The molecule has 0 saturated carbocycles. The van der Waals surface area contributed by atoms with Crippen LogP contribution in [0, 0.1) is 0 Å². The average molecular weight is 281 g/mol. The molecule has 2 N–H and O–H groups in total. The van der Waals surface area contributed by atoms with Gasteiger partial charge in [-0.3, -0.25) is 4.79 Å². The number of nitrogens with one attached hydrogen (secondary N) is 2. The van der Waals surface area contributed by atoms with Crippen molar-refractivity contribution < 1.29 is 9.69 Å². The third-order valence-corrected chi connectivity index (χ3v) is 3.50. The summed E-state index contributed by atoms with van der Waals surface area (Å²) in [6, 6.07) is 7.30. The first kappa shape index (κ1) is 14.0. The molecule has 2 rings (SSSR count). The Morgan fingerprint density at radius 3 is 2.63 bits per heavy atom. The van der Waals surface area contributed by atoms with Crippen molar-refractivity contribution in [1.29, 1.82) is 0 Å². The fourth-order valence-corrected chi connectivity index (χ4v) is 2.35. The van der Waals surface area contributed by atoms with Crippen molar-refractivity contribution >= 4 is 23.7 Å². The van der Waals surface area contributed by atoms with Crippen LogP contribution in [0.5, 0.6) is 0 Å². The van der Waals surface area contributed by atoms with Gasteiger partial charge >= 0.3 is 0 Å². The van der Waals surface area contributed by atoms with Crippen LogP contribution in [0.15, 0.2) is 29.4 Å². The van der Waals surface area contributed by atoms with Crippen LogP contribution in [0.25, 0.3) is 0 Å². The van der Waals surface area contributed by atoms with Crippen molar-refractivity contribution in [1.82, 2.24) is 5.43 Å². The highest BCUT2D eigenvalue weighted by Gasteiger charge is 2.16. The molecule has 0 radical (unpaired) electrons. The topological polar surface area (TPSA) is 45.9 Å². The fraction of sp³-hybridized carbons (Fsp3) is 0.429. The second-order valence-electron chi connectivity index (χ2n) is 4.83. The van der Waals surface area contributed by atoms with Gasteiger partial charge < -0.3 is 4.90 Å². The Kier molecular flexibility index (Phi) is 5.36. The molecule has 5 heteroatoms. The van der Waals surface area contributed by atoms with Gasteiger partial charge in [-0.1, -0.05) is 23.7 Å². The molecular formula is C14H19ClN3O+. The molecule has 1 aliphatic heterocycles. The normalized spacial score (nSPS) is 16.7. The number of carbonyl (C=O) groups is 1. The molecule has 19 heavy (non-hydrogen) atoms. The van der Waals surface area contributed by atoms with Crippen molar-refractivity contribution in [2.75, 3.05) is 19.6 Å². The largest absolute Gasteiger partial charge is 0.327 e. The molecule has 0 aliphatic carbocycles. The molecule has 0 atom stereocenters. The molecule has 1 aromatic carbocycles. The summed E-state index contributed by atoms with van der Waals surface area (Å²) < 4.78 is 0. The molecular weight excluding hydrogens is 262 g/mol. The van der Waals surface area contributed by atoms with Gasteiger partial charge in [0, 0.05) is 5.02 Å². The van der Waals surface area contributed by atoms with Crippen molar-refractivity contribution in [3.8, 4) is 0 Å². The summed E-state index contributed by atoms with van der Waals surface area (Å²) in [6.07, 6.45) is 5.35. The van der Waals surface area contributed by atoms with E-state index >= 15 is 0 Å². The van der Waals surface area contributed by atoms with Crippen molar-refractivity contribution in [3.63, 3.8) is 0 Å². The third-order valence-electron chi connectivity index (χ3n) is 3.24. The Labute approximate surface area is 118 Å². The van der Waals surface area contributed by atoms with E-state index in [0.29, 0.717) is 11.6 Å². The first-order valence-electron chi connectivity index (χ1n) is 6.65. The maximum Gasteiger partial charge on any atom is 0.295 e. The number of quaternary nitrogens is 1. The Balaban J connectivity index is 1.74. The van der Waals surface area contributed by atoms with Crippen LogP contribution in [0.1, 0.15) is 24.8 Å². The minimum absolute atomic E-state index is 0.0258. The van der Waals surface area contributed by atoms with Crippen LogP contribution in [0.3, 0.4) is 0 Å². The second kappa shape index (κ2) is 7.26. The van der Waals surface area contributed by atoms with Crippen LogP contribution < -0.4 is 10.3 Å². The minimum Gasteiger partial charge on any atom is -0.327 e. The monoisotopic (exact) mass is 280 g/mol. The van der Waals surface area contributed by atoms with Gasteiger partial charge in [0.15, 0.2) is 6.54 Å². The standard InChI is InChI=1S/C14H18ClN3O/c15-13-6-4-12(5-7-13)10-16-17-14(19)11-18-8-2-1-3-9-18/h4-7,10H,1-3,8-9,11H2,(H,17,19)/p+1/b16-10-. The molecule has 0 unspecified atom stereocenters. The molecule has 102 valence electrons. The summed E-state index contributed by atoms with van der Waals surface area (Å²) in [4.78, 5) is 13.0. The quantitative estimate of drug-likeness (QED) is 0.624. The van der Waals surface area contributed by atoms with E-state index < -0.39 is 0 Å². The fourth-order valence-electron chi connectivity index (χ4n) is 2.22. The number of hydrazone groups is 1. The number of amides is 1. The van der Waals surface area contributed by atoms with Gasteiger partial charge in [0.1, 0.15) is 0 Å². The number of piperidine rings is 1. The Hall–Kier alpha value is -1.39. The molecule has 0 aromatic heterocycles. The predicted molar refractivity (Wildman–Crippen MR) is 76.6 cm³/mol. The highest BCUT2D eigenvalue weighted by atomic mass is 35.5. The van der Waals surface area contributed by atoms with E-state index in [2.05, 4.69) is 10.5 Å². The van der Waals surface area contributed by atoms with Crippen molar-refractivity contribution in [2.45, 2.75) is 19.3 Å². The van der Waals surface area contributed by atoms with E-state index in [1.807, 2.05) is 12.1 Å². The SMILES string of the molecule is O=C(C[NH+]1CCCCC1)N/N=C\c1ccc(Cl)cc1. The average Bonchev–Trinajstić information content (AvgIpc) is 2.42. The third kappa shape index (κ3) is 5.01. The van der Waals surface area contributed by atoms with Crippen molar-refractivity contribution in [3.05, 3.63) is 34.9 Å². The number of halogens is 1. The summed E-state index contributed by atoms with van der Waals surface area (Å²) in [5.41, 5.74) is 3.48. The van der Waals surface area contributed by atoms with Gasteiger partial charge in [-0.15, -0.1) is 0 Å². The van der Waals surface area contributed by atoms with Gasteiger partial charge in [-0.2, -0.15) is 5.10 Å². The van der Waals surface area contributed by atoms with E-state index in [-0.39, 0.29) is 5.91 Å². The van der Waals surface area contributed by atoms with E-state index in [1.165, 1.54) is 24.2 Å². The zero-order valence-corrected chi connectivity index (χ0v) is 11.6. The number of hydrogen-bond acceptors (Lipinski definition) is 2. The van der Waals surface area contributed by atoms with Gasteiger partial charge in [-0.25, -0.2) is 5.43 Å². The zero-order valence-electron chi connectivity index (χ0n) is 10.9. The van der Waals surface area contributed by atoms with E-state index in [1.54, 1.807) is 18.3 Å². The summed E-state index contributed by atoms with van der Waals surface area (Å²) >= 11 is 5.79. The van der Waals surface area contributed by atoms with Gasteiger partial charge in [0.2, 0.25) is 0 Å². The summed E-state index contributed by atoms with van der Waals surface area (Å²) in [6.45, 7) is 2.70. The first-order chi connectivity index (χ1) is 9.24. The number of likely N-dealkylation sites (tertiary alicyclic amines) is 1. The Morgan fingerprint density at radius 1 is 1.26 bits per heavy atom. The molecule has 0 bridgehead atoms. The van der Waals surface area contributed by atoms with E-state index in [9.17, 15) is 4.79 Å². The molecule has 1 aromatic rings. The molecule has 1 saturated heterocycles. The van der Waals surface area contributed by atoms with Gasteiger partial charge in [0.05, 0.1) is 19.3 Å². The van der Waals surface area contributed by atoms with E-state index in [0.717, 1.165) is 18.7 Å². The van der Waals surface area contributed by atoms with Crippen LogP contribution in [-0.2, 0) is 4.79 Å². The molecule has 1 fully saturated rings. The summed E-state index contributed by atoms with van der Waals surface area (Å²) in [5, 5.41) is 4.65. The van der Waals surface area contributed by atoms with Crippen LogP contribution in [0.4, 0.5) is 0 Å².